The maximum atomic E-state index is 12.9. The van der Waals surface area contributed by atoms with Crippen LogP contribution in [0.2, 0.25) is 0 Å². The molecular weight excluding hydrogens is 326 g/mol. The van der Waals surface area contributed by atoms with Gasteiger partial charge in [0.15, 0.2) is 0 Å². The summed E-state index contributed by atoms with van der Waals surface area (Å²) in [6.45, 7) is 2.70. The van der Waals surface area contributed by atoms with Crippen molar-refractivity contribution in [3.8, 4) is 0 Å². The van der Waals surface area contributed by atoms with Gasteiger partial charge in [-0.1, -0.05) is 36.4 Å². The molecule has 2 heterocycles. The number of rotatable bonds is 3. The van der Waals surface area contributed by atoms with Crippen LogP contribution < -0.4 is 10.6 Å². The van der Waals surface area contributed by atoms with E-state index in [0.717, 1.165) is 42.4 Å². The van der Waals surface area contributed by atoms with E-state index < -0.39 is 0 Å². The standard InChI is InChI=1S/C21H25N3O2/c22-13-15-8-10-23(11-9-15)21(26)17-12-20(25)24(14-17)19-7-3-5-16-4-1-2-6-18(16)19/h1-7,15,17H,8-14,22H2. The number of carbonyl (C=O) groups excluding carboxylic acids is 2. The summed E-state index contributed by atoms with van der Waals surface area (Å²) in [5.74, 6) is 0.445. The predicted molar refractivity (Wildman–Crippen MR) is 103 cm³/mol. The van der Waals surface area contributed by atoms with Crippen molar-refractivity contribution in [1.82, 2.24) is 4.90 Å². The summed E-state index contributed by atoms with van der Waals surface area (Å²) in [5, 5.41) is 2.16. The van der Waals surface area contributed by atoms with Crippen LogP contribution in [0.4, 0.5) is 5.69 Å². The van der Waals surface area contributed by atoms with E-state index >= 15 is 0 Å². The summed E-state index contributed by atoms with van der Waals surface area (Å²) < 4.78 is 0. The molecule has 2 aliphatic heterocycles. The normalized spacial score (nSPS) is 21.6. The fourth-order valence-electron chi connectivity index (χ4n) is 4.20. The lowest BCUT2D eigenvalue weighted by Crippen LogP contribution is -2.43. The Labute approximate surface area is 153 Å². The maximum Gasteiger partial charge on any atom is 0.228 e. The quantitative estimate of drug-likeness (QED) is 0.923. The number of anilines is 1. The lowest BCUT2D eigenvalue weighted by molar-refractivity contribution is -0.137. The summed E-state index contributed by atoms with van der Waals surface area (Å²) in [5.41, 5.74) is 6.65. The first-order chi connectivity index (χ1) is 12.7. The van der Waals surface area contributed by atoms with Crippen molar-refractivity contribution in [1.29, 1.82) is 0 Å². The summed E-state index contributed by atoms with van der Waals surface area (Å²) in [4.78, 5) is 29.3. The van der Waals surface area contributed by atoms with Crippen molar-refractivity contribution in [2.75, 3.05) is 31.1 Å². The fourth-order valence-corrected chi connectivity index (χ4v) is 4.20. The predicted octanol–water partition coefficient (Wildman–Crippen LogP) is 2.39. The molecule has 4 rings (SSSR count). The smallest absolute Gasteiger partial charge is 0.228 e. The molecular formula is C21H25N3O2. The molecule has 5 nitrogen and oxygen atoms in total. The average molecular weight is 351 g/mol. The molecule has 0 bridgehead atoms. The second-order valence-corrected chi connectivity index (χ2v) is 7.41. The molecule has 2 saturated heterocycles. The zero-order valence-electron chi connectivity index (χ0n) is 14.9. The molecule has 2 N–H and O–H groups in total. The molecule has 0 aromatic heterocycles. The zero-order chi connectivity index (χ0) is 18.1. The summed E-state index contributed by atoms with van der Waals surface area (Å²) in [7, 11) is 0. The van der Waals surface area contributed by atoms with Gasteiger partial charge in [0.25, 0.3) is 0 Å². The second-order valence-electron chi connectivity index (χ2n) is 7.41. The average Bonchev–Trinajstić information content (AvgIpc) is 3.08. The molecule has 136 valence electrons. The van der Waals surface area contributed by atoms with Crippen LogP contribution in [-0.2, 0) is 9.59 Å². The molecule has 0 spiro atoms. The monoisotopic (exact) mass is 351 g/mol. The molecule has 2 aliphatic rings. The Morgan fingerprint density at radius 3 is 2.58 bits per heavy atom. The molecule has 2 aromatic rings. The molecule has 2 amide bonds. The third-order valence-corrected chi connectivity index (χ3v) is 5.79. The number of amides is 2. The number of nitrogens with zero attached hydrogens (tertiary/aromatic N) is 2. The Hall–Kier alpha value is -2.40. The van der Waals surface area contributed by atoms with Crippen molar-refractivity contribution < 1.29 is 9.59 Å². The van der Waals surface area contributed by atoms with Crippen LogP contribution >= 0.6 is 0 Å². The van der Waals surface area contributed by atoms with Crippen molar-refractivity contribution in [3.05, 3.63) is 42.5 Å². The molecule has 26 heavy (non-hydrogen) atoms. The molecule has 2 aromatic carbocycles. The van der Waals surface area contributed by atoms with E-state index in [9.17, 15) is 9.59 Å². The number of hydrogen-bond acceptors (Lipinski definition) is 3. The van der Waals surface area contributed by atoms with Gasteiger partial charge in [0, 0.05) is 31.4 Å². The Bertz CT molecular complexity index is 822. The SMILES string of the molecule is NCC1CCN(C(=O)C2CC(=O)N(c3cccc4ccccc34)C2)CC1. The summed E-state index contributed by atoms with van der Waals surface area (Å²) >= 11 is 0. The number of likely N-dealkylation sites (tertiary alicyclic amines) is 1. The molecule has 0 saturated carbocycles. The molecule has 5 heteroatoms. The van der Waals surface area contributed by atoms with E-state index in [1.807, 2.05) is 47.4 Å². The Balaban J connectivity index is 1.51. The first-order valence-electron chi connectivity index (χ1n) is 9.44. The number of piperidine rings is 1. The van der Waals surface area contributed by atoms with Crippen molar-refractivity contribution in [2.24, 2.45) is 17.6 Å². The van der Waals surface area contributed by atoms with Crippen molar-refractivity contribution in [3.63, 3.8) is 0 Å². The van der Waals surface area contributed by atoms with Crippen LogP contribution in [0.25, 0.3) is 10.8 Å². The molecule has 0 radical (unpaired) electrons. The van der Waals surface area contributed by atoms with Gasteiger partial charge < -0.3 is 15.5 Å². The molecule has 1 atom stereocenters. The lowest BCUT2D eigenvalue weighted by Gasteiger charge is -2.33. The Morgan fingerprint density at radius 2 is 1.81 bits per heavy atom. The van der Waals surface area contributed by atoms with Crippen LogP contribution in [0.3, 0.4) is 0 Å². The highest BCUT2D eigenvalue weighted by Gasteiger charge is 2.38. The molecule has 2 fully saturated rings. The van der Waals surface area contributed by atoms with Crippen LogP contribution in [0.5, 0.6) is 0 Å². The van der Waals surface area contributed by atoms with Gasteiger partial charge in [0.1, 0.15) is 0 Å². The fraction of sp³-hybridized carbons (Fsp3) is 0.429. The lowest BCUT2D eigenvalue weighted by atomic mass is 9.95. The van der Waals surface area contributed by atoms with Crippen LogP contribution in [0.15, 0.2) is 42.5 Å². The number of fused-ring (bicyclic) bond motifs is 1. The number of carbonyl (C=O) groups is 2. The Kier molecular flexibility index (Phi) is 4.64. The van der Waals surface area contributed by atoms with Gasteiger partial charge in [-0.15, -0.1) is 0 Å². The highest BCUT2D eigenvalue weighted by atomic mass is 16.2. The van der Waals surface area contributed by atoms with Crippen molar-refractivity contribution >= 4 is 28.3 Å². The minimum Gasteiger partial charge on any atom is -0.342 e. The minimum absolute atomic E-state index is 0.0385. The van der Waals surface area contributed by atoms with E-state index in [1.54, 1.807) is 4.90 Å². The first kappa shape index (κ1) is 17.0. The topological polar surface area (TPSA) is 66.6 Å². The van der Waals surface area contributed by atoms with Gasteiger partial charge >= 0.3 is 0 Å². The number of benzene rings is 2. The van der Waals surface area contributed by atoms with E-state index in [0.29, 0.717) is 25.4 Å². The maximum absolute atomic E-state index is 12.9. The van der Waals surface area contributed by atoms with Gasteiger partial charge in [0.05, 0.1) is 11.6 Å². The van der Waals surface area contributed by atoms with Gasteiger partial charge in [-0.2, -0.15) is 0 Å². The Morgan fingerprint density at radius 1 is 1.08 bits per heavy atom. The van der Waals surface area contributed by atoms with Gasteiger partial charge in [-0.05, 0) is 36.8 Å². The van der Waals surface area contributed by atoms with Crippen LogP contribution in [0.1, 0.15) is 19.3 Å². The van der Waals surface area contributed by atoms with E-state index in [2.05, 4.69) is 0 Å². The number of nitrogens with two attached hydrogens (primary N) is 1. The first-order valence-corrected chi connectivity index (χ1v) is 9.44. The van der Waals surface area contributed by atoms with Gasteiger partial charge in [-0.3, -0.25) is 9.59 Å². The molecule has 1 unspecified atom stereocenters. The van der Waals surface area contributed by atoms with Crippen LogP contribution in [-0.4, -0.2) is 42.9 Å². The zero-order valence-corrected chi connectivity index (χ0v) is 14.9. The molecule has 0 aliphatic carbocycles. The van der Waals surface area contributed by atoms with E-state index in [1.165, 1.54) is 0 Å². The number of hydrogen-bond donors (Lipinski definition) is 1. The highest BCUT2D eigenvalue weighted by molar-refractivity contribution is 6.06. The second kappa shape index (κ2) is 7.08. The minimum atomic E-state index is -0.240. The van der Waals surface area contributed by atoms with Gasteiger partial charge in [0.2, 0.25) is 11.8 Å². The van der Waals surface area contributed by atoms with E-state index in [4.69, 9.17) is 5.73 Å². The van der Waals surface area contributed by atoms with Crippen LogP contribution in [0, 0.1) is 11.8 Å². The van der Waals surface area contributed by atoms with Crippen molar-refractivity contribution in [2.45, 2.75) is 19.3 Å². The third kappa shape index (κ3) is 3.07. The third-order valence-electron chi connectivity index (χ3n) is 5.79. The largest absolute Gasteiger partial charge is 0.342 e. The summed E-state index contributed by atoms with van der Waals surface area (Å²) in [6.07, 6.45) is 2.24. The van der Waals surface area contributed by atoms with Gasteiger partial charge in [-0.25, -0.2) is 0 Å². The highest BCUT2D eigenvalue weighted by Crippen LogP contribution is 2.32. The summed E-state index contributed by atoms with van der Waals surface area (Å²) in [6, 6.07) is 14.0. The van der Waals surface area contributed by atoms with E-state index in [-0.39, 0.29) is 17.7 Å².